The van der Waals surface area contributed by atoms with Gasteiger partial charge in [-0.05, 0) is 63.3 Å². The maximum absolute atomic E-state index is 3.11. The lowest BCUT2D eigenvalue weighted by Crippen LogP contribution is -1.56. The second-order valence-corrected chi connectivity index (χ2v) is 8.44. The summed E-state index contributed by atoms with van der Waals surface area (Å²) in [5.74, 6) is 0. The molecule has 4 heteroatoms. The zero-order valence-corrected chi connectivity index (χ0v) is 16.4. The van der Waals surface area contributed by atoms with Gasteiger partial charge in [0.2, 0.25) is 0 Å². The van der Waals surface area contributed by atoms with Gasteiger partial charge in [0.25, 0.3) is 0 Å². The minimum atomic E-state index is 1.25. The second-order valence-electron chi connectivity index (χ2n) is 5.59. The highest BCUT2D eigenvalue weighted by atomic mass is 32.1. The average Bonchev–Trinajstić information content (AvgIpc) is 3.46. The standard InChI is InChI=1S/2C8H6S.C6H5NS/c2*1-2-4-8-7(3-1)5-6-9-8;1-3-7-5-2-4-8-6(1)5/h2*1-6H;1-4,7H. The molecule has 0 spiro atoms. The smallest absolute Gasteiger partial charge is 0.0563 e. The van der Waals surface area contributed by atoms with Crippen molar-refractivity contribution < 1.29 is 0 Å². The van der Waals surface area contributed by atoms with Gasteiger partial charge in [-0.2, -0.15) is 0 Å². The molecule has 6 aromatic rings. The molecule has 1 N–H and O–H groups in total. The van der Waals surface area contributed by atoms with Gasteiger partial charge in [0.15, 0.2) is 0 Å². The van der Waals surface area contributed by atoms with Crippen molar-refractivity contribution in [2.45, 2.75) is 0 Å². The summed E-state index contributed by atoms with van der Waals surface area (Å²) in [6, 6.07) is 25.2. The van der Waals surface area contributed by atoms with Crippen molar-refractivity contribution >= 4 is 64.4 Å². The Bertz CT molecular complexity index is 1030. The van der Waals surface area contributed by atoms with Crippen LogP contribution < -0.4 is 0 Å². The number of aromatic nitrogens is 1. The summed E-state index contributed by atoms with van der Waals surface area (Å²) in [4.78, 5) is 3.11. The van der Waals surface area contributed by atoms with Crippen LogP contribution >= 0.6 is 34.0 Å². The summed E-state index contributed by atoms with van der Waals surface area (Å²) < 4.78 is 4.08. The van der Waals surface area contributed by atoms with Crippen LogP contribution in [0, 0.1) is 0 Å². The van der Waals surface area contributed by atoms with Crippen LogP contribution in [0.15, 0.2) is 95.1 Å². The molecule has 0 radical (unpaired) electrons. The first-order chi connectivity index (χ1) is 12.9. The third-order valence-electron chi connectivity index (χ3n) is 3.89. The van der Waals surface area contributed by atoms with Crippen molar-refractivity contribution in [2.75, 3.05) is 0 Å². The Hall–Kier alpha value is -2.40. The first kappa shape index (κ1) is 17.0. The zero-order valence-electron chi connectivity index (χ0n) is 14.0. The third-order valence-corrected chi connectivity index (χ3v) is 6.57. The fraction of sp³-hybridized carbons (Fsp3) is 0. The Morgan fingerprint density at radius 3 is 1.62 bits per heavy atom. The van der Waals surface area contributed by atoms with Crippen LogP contribution in [0.3, 0.4) is 0 Å². The Morgan fingerprint density at radius 2 is 1.04 bits per heavy atom. The average molecular weight is 392 g/mol. The highest BCUT2D eigenvalue weighted by Gasteiger charge is 1.90. The third kappa shape index (κ3) is 4.05. The molecule has 2 aromatic carbocycles. The molecule has 0 saturated carbocycles. The summed E-state index contributed by atoms with van der Waals surface area (Å²) in [5.41, 5.74) is 1.25. The van der Waals surface area contributed by atoms with E-state index in [0.29, 0.717) is 0 Å². The molecule has 1 nitrogen and oxygen atoms in total. The van der Waals surface area contributed by atoms with Crippen molar-refractivity contribution in [1.29, 1.82) is 0 Å². The monoisotopic (exact) mass is 391 g/mol. The van der Waals surface area contributed by atoms with E-state index in [4.69, 9.17) is 0 Å². The summed E-state index contributed by atoms with van der Waals surface area (Å²) in [6.07, 6.45) is 1.96. The Balaban J connectivity index is 0.0000000972. The SMILES string of the molecule is c1cc2sccc2[nH]1.c1ccc2sccc2c1.c1ccc2sccc2c1. The van der Waals surface area contributed by atoms with Gasteiger partial charge in [-0.25, -0.2) is 0 Å². The van der Waals surface area contributed by atoms with E-state index in [1.54, 1.807) is 34.0 Å². The molecule has 0 bridgehead atoms. The van der Waals surface area contributed by atoms with E-state index < -0.39 is 0 Å². The number of aromatic amines is 1. The molecule has 0 unspecified atom stereocenters. The minimum Gasteiger partial charge on any atom is -0.360 e. The lowest BCUT2D eigenvalue weighted by molar-refractivity contribution is 1.48. The van der Waals surface area contributed by atoms with Gasteiger partial charge in [-0.15, -0.1) is 34.0 Å². The molecule has 0 saturated heterocycles. The molecule has 6 rings (SSSR count). The second kappa shape index (κ2) is 8.32. The van der Waals surface area contributed by atoms with Crippen LogP contribution in [0.1, 0.15) is 0 Å². The molecule has 4 aromatic heterocycles. The molecule has 0 aliphatic carbocycles. The Labute approximate surface area is 164 Å². The quantitative estimate of drug-likeness (QED) is 0.270. The van der Waals surface area contributed by atoms with Crippen LogP contribution in [0.25, 0.3) is 30.4 Å². The minimum absolute atomic E-state index is 1.25. The van der Waals surface area contributed by atoms with Crippen LogP contribution in [0.4, 0.5) is 0 Å². The molecule has 0 atom stereocenters. The molecule has 0 aliphatic heterocycles. The largest absolute Gasteiger partial charge is 0.360 e. The molecule has 26 heavy (non-hydrogen) atoms. The number of hydrogen-bond acceptors (Lipinski definition) is 3. The number of rotatable bonds is 0. The molecule has 0 aliphatic rings. The first-order valence-corrected chi connectivity index (χ1v) is 10.9. The molecule has 0 amide bonds. The maximum atomic E-state index is 3.11. The van der Waals surface area contributed by atoms with E-state index >= 15 is 0 Å². The number of hydrogen-bond donors (Lipinski definition) is 1. The number of thiophene rings is 3. The first-order valence-electron chi connectivity index (χ1n) is 8.25. The van der Waals surface area contributed by atoms with Gasteiger partial charge < -0.3 is 4.98 Å². The molecule has 128 valence electrons. The maximum Gasteiger partial charge on any atom is 0.0563 e. The fourth-order valence-corrected chi connectivity index (χ4v) is 4.92. The normalized spacial score (nSPS) is 10.3. The van der Waals surface area contributed by atoms with E-state index in [-0.39, 0.29) is 0 Å². The van der Waals surface area contributed by atoms with Crippen molar-refractivity contribution in [1.82, 2.24) is 4.98 Å². The van der Waals surface area contributed by atoms with Crippen LogP contribution in [-0.4, -0.2) is 4.98 Å². The lowest BCUT2D eigenvalue weighted by atomic mass is 10.3. The van der Waals surface area contributed by atoms with E-state index in [0.717, 1.165) is 0 Å². The van der Waals surface area contributed by atoms with Gasteiger partial charge >= 0.3 is 0 Å². The Kier molecular flexibility index (Phi) is 5.45. The van der Waals surface area contributed by atoms with Crippen molar-refractivity contribution in [2.24, 2.45) is 0 Å². The number of H-pyrrole nitrogens is 1. The van der Waals surface area contributed by atoms with E-state index in [1.165, 1.54) is 30.4 Å². The van der Waals surface area contributed by atoms with E-state index in [1.807, 2.05) is 6.20 Å². The lowest BCUT2D eigenvalue weighted by Gasteiger charge is -1.82. The Morgan fingerprint density at radius 1 is 0.500 bits per heavy atom. The molecule has 4 heterocycles. The van der Waals surface area contributed by atoms with Crippen molar-refractivity contribution in [3.05, 3.63) is 95.1 Å². The fourth-order valence-electron chi connectivity index (χ4n) is 2.59. The highest BCUT2D eigenvalue weighted by molar-refractivity contribution is 7.17. The molecular weight excluding hydrogens is 374 g/mol. The summed E-state index contributed by atoms with van der Waals surface area (Å²) in [7, 11) is 0. The predicted octanol–water partition coefficient (Wildman–Crippen LogP) is 8.03. The number of benzene rings is 2. The van der Waals surface area contributed by atoms with E-state index in [9.17, 15) is 0 Å². The van der Waals surface area contributed by atoms with Gasteiger partial charge in [-0.1, -0.05) is 36.4 Å². The van der Waals surface area contributed by atoms with Gasteiger partial charge in [-0.3, -0.25) is 0 Å². The molecular formula is C22H17NS3. The van der Waals surface area contributed by atoms with Gasteiger partial charge in [0.05, 0.1) is 10.2 Å². The summed E-state index contributed by atoms with van der Waals surface area (Å²) in [5, 5.41) is 9.02. The van der Waals surface area contributed by atoms with Crippen LogP contribution in [-0.2, 0) is 0 Å². The topological polar surface area (TPSA) is 15.8 Å². The summed E-state index contributed by atoms with van der Waals surface area (Å²) >= 11 is 5.34. The van der Waals surface area contributed by atoms with Gasteiger partial charge in [0.1, 0.15) is 0 Å². The predicted molar refractivity (Wildman–Crippen MR) is 120 cm³/mol. The van der Waals surface area contributed by atoms with Gasteiger partial charge in [0, 0.05) is 15.6 Å². The van der Waals surface area contributed by atoms with Crippen LogP contribution in [0.5, 0.6) is 0 Å². The van der Waals surface area contributed by atoms with E-state index in [2.05, 4.69) is 93.9 Å². The van der Waals surface area contributed by atoms with Crippen molar-refractivity contribution in [3.63, 3.8) is 0 Å². The highest BCUT2D eigenvalue weighted by Crippen LogP contribution is 2.20. The number of fused-ring (bicyclic) bond motifs is 3. The van der Waals surface area contributed by atoms with Crippen molar-refractivity contribution in [3.8, 4) is 0 Å². The number of nitrogens with one attached hydrogen (secondary N) is 1. The molecule has 0 fully saturated rings. The summed E-state index contributed by atoms with van der Waals surface area (Å²) in [6.45, 7) is 0. The van der Waals surface area contributed by atoms with Crippen LogP contribution in [0.2, 0.25) is 0 Å². The zero-order chi connectivity index (χ0) is 17.6.